The predicted octanol–water partition coefficient (Wildman–Crippen LogP) is 5.69. The molecular weight excluding hydrogens is 445 g/mol. The Labute approximate surface area is 203 Å². The highest BCUT2D eigenvalue weighted by Crippen LogP contribution is 2.38. The normalized spacial score (nSPS) is 14.6. The van der Waals surface area contributed by atoms with Crippen molar-refractivity contribution >= 4 is 22.7 Å². The number of imidazole rings is 1. The number of aromatic nitrogens is 2. The van der Waals surface area contributed by atoms with E-state index in [1.807, 2.05) is 24.3 Å². The van der Waals surface area contributed by atoms with Gasteiger partial charge >= 0.3 is 5.97 Å². The zero-order chi connectivity index (χ0) is 24.5. The van der Waals surface area contributed by atoms with Gasteiger partial charge in [0.05, 0.1) is 36.9 Å². The molecule has 6 nitrogen and oxygen atoms in total. The van der Waals surface area contributed by atoms with E-state index in [9.17, 15) is 9.18 Å². The highest BCUT2D eigenvalue weighted by molar-refractivity contribution is 5.79. The molecule has 0 saturated heterocycles. The average Bonchev–Trinajstić information content (AvgIpc) is 3.43. The van der Waals surface area contributed by atoms with E-state index in [0.717, 1.165) is 57.1 Å². The first-order valence-electron chi connectivity index (χ1n) is 11.8. The zero-order valence-corrected chi connectivity index (χ0v) is 20.1. The number of methoxy groups -OCH3 is 1. The average molecular weight is 474 g/mol. The minimum Gasteiger partial charge on any atom is -0.493 e. The molecule has 1 aliphatic heterocycles. The number of aryl methyl sites for hydroxylation is 1. The standard InChI is InChI=1S/C28H28FN3O3/c1-4-27-31-23-11-8-20(29)13-25(23)32(27)24-7-5-6-18(17(24)2)15-30-21-9-10-22-19(12-28(33)34-3)16-35-26(22)14-21/h5-11,13-14,19,30H,4,12,15-16H2,1-3H3. The maximum absolute atomic E-state index is 14.0. The summed E-state index contributed by atoms with van der Waals surface area (Å²) in [5.41, 5.74) is 6.77. The van der Waals surface area contributed by atoms with Crippen molar-refractivity contribution in [3.63, 3.8) is 0 Å². The number of esters is 1. The van der Waals surface area contributed by atoms with Gasteiger partial charge in [0.1, 0.15) is 17.4 Å². The van der Waals surface area contributed by atoms with Crippen LogP contribution in [0.4, 0.5) is 10.1 Å². The summed E-state index contributed by atoms with van der Waals surface area (Å²) in [6.45, 7) is 5.24. The Morgan fingerprint density at radius 2 is 2.09 bits per heavy atom. The van der Waals surface area contributed by atoms with E-state index >= 15 is 0 Å². The molecule has 0 spiro atoms. The molecule has 3 aromatic carbocycles. The van der Waals surface area contributed by atoms with E-state index in [-0.39, 0.29) is 17.7 Å². The lowest BCUT2D eigenvalue weighted by Gasteiger charge is -2.16. The van der Waals surface area contributed by atoms with Crippen LogP contribution in [0.5, 0.6) is 5.75 Å². The predicted molar refractivity (Wildman–Crippen MR) is 134 cm³/mol. The van der Waals surface area contributed by atoms with Gasteiger partial charge in [-0.2, -0.15) is 0 Å². The highest BCUT2D eigenvalue weighted by atomic mass is 19.1. The third-order valence-corrected chi connectivity index (χ3v) is 6.68. The number of carbonyl (C=O) groups is 1. The second-order valence-electron chi connectivity index (χ2n) is 8.81. The number of nitrogens with zero attached hydrogens (tertiary/aromatic N) is 2. The summed E-state index contributed by atoms with van der Waals surface area (Å²) >= 11 is 0. The SMILES string of the molecule is CCc1nc2ccc(F)cc2n1-c1cccc(CNc2ccc3c(c2)OCC3CC(=O)OC)c1C. The maximum Gasteiger partial charge on any atom is 0.306 e. The molecule has 2 heterocycles. The summed E-state index contributed by atoms with van der Waals surface area (Å²) in [7, 11) is 1.40. The van der Waals surface area contributed by atoms with E-state index in [4.69, 9.17) is 14.5 Å². The van der Waals surface area contributed by atoms with Gasteiger partial charge in [-0.25, -0.2) is 9.37 Å². The number of hydrogen-bond donors (Lipinski definition) is 1. The van der Waals surface area contributed by atoms with Gasteiger partial charge in [-0.1, -0.05) is 25.1 Å². The largest absolute Gasteiger partial charge is 0.493 e. The minimum atomic E-state index is -0.274. The molecular formula is C28H28FN3O3. The van der Waals surface area contributed by atoms with Crippen molar-refractivity contribution in [1.82, 2.24) is 9.55 Å². The summed E-state index contributed by atoms with van der Waals surface area (Å²) in [5, 5.41) is 3.49. The molecule has 0 bridgehead atoms. The quantitative estimate of drug-likeness (QED) is 0.350. The molecule has 1 aromatic heterocycles. The van der Waals surface area contributed by atoms with Crippen molar-refractivity contribution in [3.05, 3.63) is 82.9 Å². The Hall–Kier alpha value is -3.87. The fraction of sp³-hybridized carbons (Fsp3) is 0.286. The lowest BCUT2D eigenvalue weighted by molar-refractivity contribution is -0.141. The van der Waals surface area contributed by atoms with Gasteiger partial charge in [0, 0.05) is 42.3 Å². The first-order valence-corrected chi connectivity index (χ1v) is 11.8. The van der Waals surface area contributed by atoms with E-state index in [1.54, 1.807) is 12.1 Å². The van der Waals surface area contributed by atoms with Gasteiger partial charge < -0.3 is 14.8 Å². The topological polar surface area (TPSA) is 65.4 Å². The molecule has 5 rings (SSSR count). The van der Waals surface area contributed by atoms with Crippen LogP contribution in [0, 0.1) is 12.7 Å². The van der Waals surface area contributed by atoms with Gasteiger partial charge in [0.25, 0.3) is 0 Å². The fourth-order valence-electron chi connectivity index (χ4n) is 4.75. The molecule has 7 heteroatoms. The number of fused-ring (bicyclic) bond motifs is 2. The van der Waals surface area contributed by atoms with Gasteiger partial charge in [0.2, 0.25) is 0 Å². The van der Waals surface area contributed by atoms with Gasteiger partial charge in [-0.3, -0.25) is 9.36 Å². The Kier molecular flexibility index (Phi) is 6.16. The van der Waals surface area contributed by atoms with Crippen LogP contribution < -0.4 is 10.1 Å². The van der Waals surface area contributed by atoms with E-state index in [1.165, 1.54) is 13.2 Å². The van der Waals surface area contributed by atoms with Gasteiger partial charge in [0.15, 0.2) is 0 Å². The van der Waals surface area contributed by atoms with E-state index in [2.05, 4.69) is 35.9 Å². The van der Waals surface area contributed by atoms with Crippen LogP contribution in [0.25, 0.3) is 16.7 Å². The van der Waals surface area contributed by atoms with Crippen molar-refractivity contribution in [1.29, 1.82) is 0 Å². The highest BCUT2D eigenvalue weighted by Gasteiger charge is 2.27. The van der Waals surface area contributed by atoms with E-state index in [0.29, 0.717) is 19.6 Å². The summed E-state index contributed by atoms with van der Waals surface area (Å²) in [6, 6.07) is 16.9. The first kappa shape index (κ1) is 22.9. The van der Waals surface area contributed by atoms with Crippen molar-refractivity contribution in [2.24, 2.45) is 0 Å². The van der Waals surface area contributed by atoms with Crippen LogP contribution in [-0.2, 0) is 22.5 Å². The molecule has 1 N–H and O–H groups in total. The van der Waals surface area contributed by atoms with Crippen LogP contribution in [0.2, 0.25) is 0 Å². The lowest BCUT2D eigenvalue weighted by Crippen LogP contribution is -2.09. The number of rotatable bonds is 7. The number of benzene rings is 3. The molecule has 0 fully saturated rings. The number of nitrogens with one attached hydrogen (secondary N) is 1. The van der Waals surface area contributed by atoms with Crippen LogP contribution in [0.15, 0.2) is 54.6 Å². The molecule has 0 aliphatic carbocycles. The van der Waals surface area contributed by atoms with Crippen molar-refractivity contribution in [2.75, 3.05) is 19.0 Å². The van der Waals surface area contributed by atoms with Crippen molar-refractivity contribution < 1.29 is 18.7 Å². The maximum atomic E-state index is 14.0. The summed E-state index contributed by atoms with van der Waals surface area (Å²) in [6.07, 6.45) is 1.05. The van der Waals surface area contributed by atoms with Crippen molar-refractivity contribution in [3.8, 4) is 11.4 Å². The number of carbonyl (C=O) groups excluding carboxylic acids is 1. The number of halogens is 1. The molecule has 1 aliphatic rings. The number of anilines is 1. The van der Waals surface area contributed by atoms with Crippen LogP contribution in [0.1, 0.15) is 41.8 Å². The molecule has 0 radical (unpaired) electrons. The Bertz CT molecular complexity index is 1410. The van der Waals surface area contributed by atoms with Crippen LogP contribution in [0.3, 0.4) is 0 Å². The van der Waals surface area contributed by atoms with Crippen molar-refractivity contribution in [2.45, 2.75) is 39.2 Å². The van der Waals surface area contributed by atoms with Gasteiger partial charge in [-0.05, 0) is 42.3 Å². The Morgan fingerprint density at radius 3 is 2.89 bits per heavy atom. The van der Waals surface area contributed by atoms with E-state index < -0.39 is 0 Å². The first-order chi connectivity index (χ1) is 17.0. The smallest absolute Gasteiger partial charge is 0.306 e. The lowest BCUT2D eigenvalue weighted by atomic mass is 9.97. The van der Waals surface area contributed by atoms with Gasteiger partial charge in [-0.15, -0.1) is 0 Å². The second kappa shape index (κ2) is 9.41. The van der Waals surface area contributed by atoms with Crippen LogP contribution in [-0.4, -0.2) is 29.2 Å². The summed E-state index contributed by atoms with van der Waals surface area (Å²) in [4.78, 5) is 16.4. The number of hydrogen-bond acceptors (Lipinski definition) is 5. The van der Waals surface area contributed by atoms with Crippen LogP contribution >= 0.6 is 0 Å². The molecule has 35 heavy (non-hydrogen) atoms. The summed E-state index contributed by atoms with van der Waals surface area (Å²) < 4.78 is 26.7. The Morgan fingerprint density at radius 1 is 1.23 bits per heavy atom. The zero-order valence-electron chi connectivity index (χ0n) is 20.1. The monoisotopic (exact) mass is 473 g/mol. The molecule has 0 saturated carbocycles. The minimum absolute atomic E-state index is 0.0213. The molecule has 180 valence electrons. The molecule has 0 amide bonds. The fourth-order valence-corrected chi connectivity index (χ4v) is 4.75. The number of ether oxygens (including phenoxy) is 2. The third-order valence-electron chi connectivity index (χ3n) is 6.68. The summed E-state index contributed by atoms with van der Waals surface area (Å²) in [5.74, 6) is 1.21. The Balaban J connectivity index is 1.39. The third kappa shape index (κ3) is 4.34. The second-order valence-corrected chi connectivity index (χ2v) is 8.81. The molecule has 1 unspecified atom stereocenters. The molecule has 1 atom stereocenters. The molecule has 4 aromatic rings.